The van der Waals surface area contributed by atoms with Crippen LogP contribution in [0.1, 0.15) is 38.1 Å². The van der Waals surface area contributed by atoms with E-state index in [0.717, 1.165) is 5.46 Å². The Morgan fingerprint density at radius 1 is 1.40 bits per heavy atom. The van der Waals surface area contributed by atoms with Crippen molar-refractivity contribution in [3.63, 3.8) is 0 Å². The summed E-state index contributed by atoms with van der Waals surface area (Å²) in [4.78, 5) is 12.0. The van der Waals surface area contributed by atoms with Crippen LogP contribution in [0.2, 0.25) is 0 Å². The highest BCUT2D eigenvalue weighted by Crippen LogP contribution is 2.29. The Balaban J connectivity index is 2.19. The first-order valence-electron chi connectivity index (χ1n) is 6.74. The molecule has 1 heterocycles. The maximum Gasteiger partial charge on any atom is 0.563 e. The first-order chi connectivity index (χ1) is 9.29. The molecule has 1 fully saturated rings. The second kappa shape index (κ2) is 5.33. The van der Waals surface area contributed by atoms with Gasteiger partial charge in [-0.05, 0) is 45.3 Å². The number of rotatable bonds is 3. The number of amides is 1. The van der Waals surface area contributed by atoms with E-state index in [1.807, 2.05) is 39.8 Å². The van der Waals surface area contributed by atoms with Gasteiger partial charge in [0, 0.05) is 11.6 Å². The van der Waals surface area contributed by atoms with Crippen molar-refractivity contribution in [3.8, 4) is 0 Å². The van der Waals surface area contributed by atoms with Gasteiger partial charge in [-0.1, -0.05) is 18.7 Å². The van der Waals surface area contributed by atoms with Gasteiger partial charge in [0.2, 0.25) is 0 Å². The Kier molecular flexibility index (Phi) is 3.90. The van der Waals surface area contributed by atoms with Crippen LogP contribution in [0.15, 0.2) is 36.6 Å². The molecule has 1 amide bonds. The van der Waals surface area contributed by atoms with Gasteiger partial charge in [-0.2, -0.15) is 0 Å². The largest absolute Gasteiger partial charge is 0.563 e. The molecule has 0 atom stereocenters. The fourth-order valence-electron chi connectivity index (χ4n) is 1.94. The molecule has 0 saturated carbocycles. The van der Waals surface area contributed by atoms with Crippen molar-refractivity contribution in [1.82, 2.24) is 5.32 Å². The highest BCUT2D eigenvalue weighted by Gasteiger charge is 2.42. The van der Waals surface area contributed by atoms with Gasteiger partial charge < -0.3 is 14.6 Å². The van der Waals surface area contributed by atoms with Crippen LogP contribution in [-0.4, -0.2) is 24.7 Å². The molecule has 2 rings (SSSR count). The normalized spacial score (nSPS) is 17.2. The molecule has 20 heavy (non-hydrogen) atoms. The van der Waals surface area contributed by atoms with Crippen LogP contribution in [0.25, 0.3) is 0 Å². The van der Waals surface area contributed by atoms with Crippen molar-refractivity contribution in [2.24, 2.45) is 0 Å². The van der Waals surface area contributed by atoms with Crippen molar-refractivity contribution in [2.75, 3.05) is 0 Å². The summed E-state index contributed by atoms with van der Waals surface area (Å²) in [5, 5.41) is 2.86. The molecule has 1 saturated heterocycles. The van der Waals surface area contributed by atoms with Crippen LogP contribution in [0.4, 0.5) is 0 Å². The average molecular weight is 273 g/mol. The van der Waals surface area contributed by atoms with Crippen molar-refractivity contribution in [2.45, 2.75) is 39.3 Å². The molecule has 0 bridgehead atoms. The second-order valence-electron chi connectivity index (χ2n) is 5.75. The minimum absolute atomic E-state index is 0.0991. The molecular formula is C15H20BNO3. The minimum Gasteiger partial charge on any atom is -0.534 e. The lowest BCUT2D eigenvalue weighted by molar-refractivity contribution is 0.0943. The Morgan fingerprint density at radius 2 is 2.10 bits per heavy atom. The van der Waals surface area contributed by atoms with Gasteiger partial charge in [-0.3, -0.25) is 4.79 Å². The Bertz CT molecular complexity index is 540. The minimum atomic E-state index is -0.513. The maximum absolute atomic E-state index is 12.0. The van der Waals surface area contributed by atoms with Crippen molar-refractivity contribution in [3.05, 3.63) is 42.2 Å². The average Bonchev–Trinajstić information content (AvgIpc) is 2.63. The Hall–Kier alpha value is -1.75. The number of hydrogen-bond acceptors (Lipinski definition) is 3. The third-order valence-electron chi connectivity index (χ3n) is 3.16. The quantitative estimate of drug-likeness (QED) is 0.855. The molecule has 4 nitrogen and oxygen atoms in total. The monoisotopic (exact) mass is 273 g/mol. The lowest BCUT2D eigenvalue weighted by Crippen LogP contribution is -2.36. The third-order valence-corrected chi connectivity index (χ3v) is 3.16. The lowest BCUT2D eigenvalue weighted by Gasteiger charge is -2.15. The lowest BCUT2D eigenvalue weighted by atomic mass is 9.78. The van der Waals surface area contributed by atoms with Crippen molar-refractivity contribution in [1.29, 1.82) is 0 Å². The predicted octanol–water partition coefficient (Wildman–Crippen LogP) is 1.86. The molecule has 0 radical (unpaired) electrons. The zero-order valence-electron chi connectivity index (χ0n) is 12.4. The maximum atomic E-state index is 12.0. The summed E-state index contributed by atoms with van der Waals surface area (Å²) in [6.07, 6.45) is 0. The summed E-state index contributed by atoms with van der Waals surface area (Å²) in [5.74, 6) is 0.498. The highest BCUT2D eigenvalue weighted by molar-refractivity contribution is 6.62. The third kappa shape index (κ3) is 3.04. The Morgan fingerprint density at radius 3 is 2.65 bits per heavy atom. The second-order valence-corrected chi connectivity index (χ2v) is 5.75. The number of benzene rings is 1. The van der Waals surface area contributed by atoms with E-state index in [1.54, 1.807) is 12.1 Å². The molecule has 5 heteroatoms. The first kappa shape index (κ1) is 14.7. The number of carbonyl (C=O) groups excluding carboxylic acids is 1. The van der Waals surface area contributed by atoms with Crippen LogP contribution in [0.3, 0.4) is 0 Å². The molecule has 0 aliphatic carbocycles. The van der Waals surface area contributed by atoms with E-state index < -0.39 is 12.7 Å². The van der Waals surface area contributed by atoms with Crippen LogP contribution >= 0.6 is 0 Å². The van der Waals surface area contributed by atoms with Crippen LogP contribution in [-0.2, 0) is 9.31 Å². The number of hydrogen-bond donors (Lipinski definition) is 1. The smallest absolute Gasteiger partial charge is 0.534 e. The van der Waals surface area contributed by atoms with Gasteiger partial charge in [0.15, 0.2) is 0 Å². The van der Waals surface area contributed by atoms with E-state index in [-0.39, 0.29) is 11.9 Å². The molecule has 1 N–H and O–H groups in total. The number of nitrogens with one attached hydrogen (secondary N) is 1. The molecule has 1 aliphatic heterocycles. The summed E-state index contributed by atoms with van der Waals surface area (Å²) in [6, 6.07) is 7.37. The Labute approximate surface area is 120 Å². The molecule has 0 unspecified atom stereocenters. The van der Waals surface area contributed by atoms with Gasteiger partial charge in [-0.15, -0.1) is 0 Å². The molecule has 0 spiro atoms. The fraction of sp³-hybridized carbons (Fsp3) is 0.400. The zero-order valence-corrected chi connectivity index (χ0v) is 12.4. The molecular weight excluding hydrogens is 253 g/mol. The van der Waals surface area contributed by atoms with E-state index in [4.69, 9.17) is 9.31 Å². The van der Waals surface area contributed by atoms with Gasteiger partial charge in [-0.25, -0.2) is 0 Å². The highest BCUT2D eigenvalue weighted by atomic mass is 16.7. The molecule has 1 aromatic carbocycles. The summed E-state index contributed by atoms with van der Waals surface area (Å²) < 4.78 is 11.4. The van der Waals surface area contributed by atoms with Gasteiger partial charge in [0.05, 0.1) is 5.76 Å². The molecule has 1 aromatic rings. The van der Waals surface area contributed by atoms with E-state index in [1.165, 1.54) is 0 Å². The van der Waals surface area contributed by atoms with Crippen LogP contribution < -0.4 is 10.8 Å². The van der Waals surface area contributed by atoms with E-state index >= 15 is 0 Å². The van der Waals surface area contributed by atoms with Crippen LogP contribution in [0.5, 0.6) is 0 Å². The molecule has 0 aromatic heterocycles. The van der Waals surface area contributed by atoms with Gasteiger partial charge in [0.1, 0.15) is 5.60 Å². The molecule has 1 aliphatic rings. The van der Waals surface area contributed by atoms with Gasteiger partial charge in [0.25, 0.3) is 5.91 Å². The standard InChI is InChI=1S/C15H20BNO3/c1-10(2)17-14(18)12-7-6-8-13(9-12)16-19-11(3)15(4,5)20-16/h6-10H,3H2,1-2,4-5H3,(H,17,18). The fourth-order valence-corrected chi connectivity index (χ4v) is 1.94. The summed E-state index contributed by atoms with van der Waals surface area (Å²) in [5.41, 5.74) is 0.896. The summed E-state index contributed by atoms with van der Waals surface area (Å²) in [7, 11) is -0.510. The SMILES string of the molecule is C=C1OB(c2cccc(C(=O)NC(C)C)c2)OC1(C)C. The van der Waals surface area contributed by atoms with E-state index in [9.17, 15) is 4.79 Å². The van der Waals surface area contributed by atoms with E-state index in [2.05, 4.69) is 11.9 Å². The van der Waals surface area contributed by atoms with Gasteiger partial charge >= 0.3 is 7.12 Å². The number of carbonyl (C=O) groups is 1. The topological polar surface area (TPSA) is 47.6 Å². The van der Waals surface area contributed by atoms with Crippen molar-refractivity contribution < 1.29 is 14.1 Å². The first-order valence-corrected chi connectivity index (χ1v) is 6.74. The van der Waals surface area contributed by atoms with E-state index in [0.29, 0.717) is 11.3 Å². The zero-order chi connectivity index (χ0) is 14.9. The predicted molar refractivity (Wildman–Crippen MR) is 79.8 cm³/mol. The van der Waals surface area contributed by atoms with Crippen molar-refractivity contribution >= 4 is 18.5 Å². The summed E-state index contributed by atoms with van der Waals surface area (Å²) in [6.45, 7) is 11.5. The molecule has 106 valence electrons. The summed E-state index contributed by atoms with van der Waals surface area (Å²) >= 11 is 0. The van der Waals surface area contributed by atoms with Crippen LogP contribution in [0, 0.1) is 0 Å².